The smallest absolute Gasteiger partial charge is 0.296 e. The first-order chi connectivity index (χ1) is 14.9. The number of hydrogen-bond acceptors (Lipinski definition) is 7. The topological polar surface area (TPSA) is 98.7 Å². The molecule has 0 saturated heterocycles. The van der Waals surface area contributed by atoms with Crippen molar-refractivity contribution < 1.29 is 18.1 Å². The highest BCUT2D eigenvalue weighted by Gasteiger charge is 2.19. The maximum atomic E-state index is 13.2. The predicted molar refractivity (Wildman–Crippen MR) is 110 cm³/mol. The van der Waals surface area contributed by atoms with Crippen LogP contribution in [0.15, 0.2) is 52.1 Å². The van der Waals surface area contributed by atoms with Crippen LogP contribution in [0, 0.1) is 11.6 Å². The quantitative estimate of drug-likeness (QED) is 0.429. The van der Waals surface area contributed by atoms with E-state index in [4.69, 9.17) is 16.1 Å². The number of carbonyl (C=O) groups excluding carboxylic acids is 1. The van der Waals surface area contributed by atoms with Crippen LogP contribution in [-0.4, -0.2) is 36.6 Å². The molecular weight excluding hydrogens is 450 g/mol. The van der Waals surface area contributed by atoms with Gasteiger partial charge in [-0.3, -0.25) is 4.79 Å². The van der Waals surface area contributed by atoms with Crippen molar-refractivity contribution >= 4 is 35.0 Å². The lowest BCUT2D eigenvalue weighted by atomic mass is 10.2. The van der Waals surface area contributed by atoms with E-state index >= 15 is 0 Å². The van der Waals surface area contributed by atoms with Gasteiger partial charge in [-0.15, -0.1) is 10.2 Å². The first kappa shape index (κ1) is 20.9. The minimum Gasteiger partial charge on any atom is -0.330 e. The number of aromatic nitrogens is 5. The summed E-state index contributed by atoms with van der Waals surface area (Å²) in [4.78, 5) is 16.4. The number of nitrogens with one attached hydrogen (secondary N) is 1. The number of rotatable bonds is 6. The zero-order valence-corrected chi connectivity index (χ0v) is 17.4. The van der Waals surface area contributed by atoms with E-state index in [9.17, 15) is 13.6 Å². The molecule has 1 amide bonds. The van der Waals surface area contributed by atoms with E-state index in [0.29, 0.717) is 22.2 Å². The van der Waals surface area contributed by atoms with Gasteiger partial charge in [-0.2, -0.15) is 4.98 Å². The molecule has 158 valence electrons. The van der Waals surface area contributed by atoms with Crippen LogP contribution in [0.4, 0.5) is 14.5 Å². The van der Waals surface area contributed by atoms with Gasteiger partial charge >= 0.3 is 0 Å². The molecule has 2 heterocycles. The normalized spacial score (nSPS) is 11.0. The highest BCUT2D eigenvalue weighted by Crippen LogP contribution is 2.25. The molecule has 8 nitrogen and oxygen atoms in total. The Balaban J connectivity index is 1.42. The maximum Gasteiger partial charge on any atom is 0.296 e. The third kappa shape index (κ3) is 4.72. The van der Waals surface area contributed by atoms with Crippen molar-refractivity contribution in [3.8, 4) is 23.1 Å². The van der Waals surface area contributed by atoms with Gasteiger partial charge in [0, 0.05) is 18.3 Å². The highest BCUT2D eigenvalue weighted by molar-refractivity contribution is 7.99. The Hall–Kier alpha value is -3.31. The average molecular weight is 463 g/mol. The molecule has 4 aromatic rings. The first-order valence-electron chi connectivity index (χ1n) is 8.78. The molecule has 4 rings (SSSR count). The summed E-state index contributed by atoms with van der Waals surface area (Å²) in [6.45, 7) is 0. The highest BCUT2D eigenvalue weighted by atomic mass is 35.5. The number of hydrogen-bond donors (Lipinski definition) is 1. The number of thioether (sulfide) groups is 1. The van der Waals surface area contributed by atoms with E-state index in [0.717, 1.165) is 11.8 Å². The van der Waals surface area contributed by atoms with Gasteiger partial charge < -0.3 is 14.4 Å². The second kappa shape index (κ2) is 8.82. The summed E-state index contributed by atoms with van der Waals surface area (Å²) in [5.41, 5.74) is 0.973. The molecule has 2 aromatic carbocycles. The molecule has 31 heavy (non-hydrogen) atoms. The number of anilines is 1. The molecule has 2 aromatic heterocycles. The summed E-state index contributed by atoms with van der Waals surface area (Å²) in [6, 6.07) is 9.59. The summed E-state index contributed by atoms with van der Waals surface area (Å²) in [5, 5.41) is 14.9. The molecule has 12 heteroatoms. The largest absolute Gasteiger partial charge is 0.330 e. The van der Waals surface area contributed by atoms with Crippen LogP contribution in [0.25, 0.3) is 23.1 Å². The summed E-state index contributed by atoms with van der Waals surface area (Å²) in [6.07, 6.45) is 0. The molecule has 1 N–H and O–H groups in total. The number of nitrogens with zero attached hydrogens (tertiary/aromatic N) is 5. The number of carbonyl (C=O) groups is 1. The standard InChI is InChI=1S/C19H13ClF2N6O2S/c1-28-17(18-24-16(27-30-18)10-2-4-11(21)5-3-10)25-26-19(28)31-9-15(29)23-12-6-7-14(22)13(20)8-12/h2-8H,9H2,1H3,(H,23,29). The van der Waals surface area contributed by atoms with E-state index in [2.05, 4.69) is 25.7 Å². The van der Waals surface area contributed by atoms with E-state index in [1.54, 1.807) is 11.6 Å². The van der Waals surface area contributed by atoms with Gasteiger partial charge in [0.05, 0.1) is 10.8 Å². The fourth-order valence-corrected chi connectivity index (χ4v) is 3.45. The van der Waals surface area contributed by atoms with Crippen LogP contribution in [0.5, 0.6) is 0 Å². The molecule has 0 aliphatic heterocycles. The van der Waals surface area contributed by atoms with Crippen LogP contribution < -0.4 is 5.32 Å². The SMILES string of the molecule is Cn1c(SCC(=O)Nc2ccc(F)c(Cl)c2)nnc1-c1nc(-c2ccc(F)cc2)no1. The van der Waals surface area contributed by atoms with Gasteiger partial charge in [-0.1, -0.05) is 28.5 Å². The van der Waals surface area contributed by atoms with Gasteiger partial charge in [0.25, 0.3) is 5.89 Å². The Bertz CT molecular complexity index is 1240. The van der Waals surface area contributed by atoms with Gasteiger partial charge in [-0.25, -0.2) is 8.78 Å². The predicted octanol–water partition coefficient (Wildman–Crippen LogP) is 4.19. The number of halogens is 3. The van der Waals surface area contributed by atoms with Crippen molar-refractivity contribution in [2.45, 2.75) is 5.16 Å². The zero-order chi connectivity index (χ0) is 22.0. The fourth-order valence-electron chi connectivity index (χ4n) is 2.56. The summed E-state index contributed by atoms with van der Waals surface area (Å²) >= 11 is 6.85. The molecule has 0 atom stereocenters. The molecule has 0 unspecified atom stereocenters. The average Bonchev–Trinajstić information content (AvgIpc) is 3.36. The minimum absolute atomic E-state index is 0.0334. The van der Waals surface area contributed by atoms with Crippen molar-refractivity contribution in [3.63, 3.8) is 0 Å². The second-order valence-corrected chi connectivity index (χ2v) is 7.61. The fraction of sp³-hybridized carbons (Fsp3) is 0.105. The van der Waals surface area contributed by atoms with Crippen molar-refractivity contribution in [1.82, 2.24) is 24.9 Å². The minimum atomic E-state index is -0.565. The van der Waals surface area contributed by atoms with E-state index in [-0.39, 0.29) is 34.2 Å². The Morgan fingerprint density at radius 2 is 1.97 bits per heavy atom. The maximum absolute atomic E-state index is 13.2. The van der Waals surface area contributed by atoms with Crippen LogP contribution in [0.1, 0.15) is 0 Å². The van der Waals surface area contributed by atoms with E-state index in [1.165, 1.54) is 42.5 Å². The Morgan fingerprint density at radius 3 is 2.71 bits per heavy atom. The molecular formula is C19H13ClF2N6O2S. The summed E-state index contributed by atoms with van der Waals surface area (Å²) in [7, 11) is 1.69. The summed E-state index contributed by atoms with van der Waals surface area (Å²) < 4.78 is 33.1. The molecule has 0 aliphatic carbocycles. The Kier molecular flexibility index (Phi) is 5.96. The van der Waals surface area contributed by atoms with Crippen LogP contribution >= 0.6 is 23.4 Å². The molecule has 0 bridgehead atoms. The van der Waals surface area contributed by atoms with Gasteiger partial charge in [-0.05, 0) is 42.5 Å². The van der Waals surface area contributed by atoms with Crippen LogP contribution in [0.2, 0.25) is 5.02 Å². The molecule has 0 radical (unpaired) electrons. The second-order valence-electron chi connectivity index (χ2n) is 6.26. The number of amides is 1. The lowest BCUT2D eigenvalue weighted by Gasteiger charge is -2.06. The van der Waals surface area contributed by atoms with Crippen molar-refractivity contribution in [3.05, 3.63) is 59.1 Å². The lowest BCUT2D eigenvalue weighted by Crippen LogP contribution is -2.14. The van der Waals surface area contributed by atoms with Gasteiger partial charge in [0.1, 0.15) is 11.6 Å². The van der Waals surface area contributed by atoms with E-state index in [1.807, 2.05) is 0 Å². The third-order valence-corrected chi connectivity index (χ3v) is 5.40. The molecule has 0 saturated carbocycles. The van der Waals surface area contributed by atoms with Crippen LogP contribution in [0.3, 0.4) is 0 Å². The number of benzene rings is 2. The lowest BCUT2D eigenvalue weighted by molar-refractivity contribution is -0.113. The molecule has 0 spiro atoms. The van der Waals surface area contributed by atoms with Crippen molar-refractivity contribution in [2.24, 2.45) is 7.05 Å². The zero-order valence-electron chi connectivity index (χ0n) is 15.8. The van der Waals surface area contributed by atoms with E-state index < -0.39 is 5.82 Å². The van der Waals surface area contributed by atoms with Crippen LogP contribution in [-0.2, 0) is 11.8 Å². The van der Waals surface area contributed by atoms with Gasteiger partial charge in [0.15, 0.2) is 5.16 Å². The molecule has 0 fully saturated rings. The Morgan fingerprint density at radius 1 is 1.19 bits per heavy atom. The van der Waals surface area contributed by atoms with Crippen molar-refractivity contribution in [2.75, 3.05) is 11.1 Å². The molecule has 0 aliphatic rings. The Labute approximate surface area is 183 Å². The van der Waals surface area contributed by atoms with Gasteiger partial charge in [0.2, 0.25) is 17.6 Å². The van der Waals surface area contributed by atoms with Crippen molar-refractivity contribution in [1.29, 1.82) is 0 Å². The first-order valence-corrected chi connectivity index (χ1v) is 10.1. The monoisotopic (exact) mass is 462 g/mol. The summed E-state index contributed by atoms with van der Waals surface area (Å²) in [5.74, 6) is -0.497. The third-order valence-electron chi connectivity index (χ3n) is 4.09.